The molecule has 1 fully saturated rings. The summed E-state index contributed by atoms with van der Waals surface area (Å²) in [7, 11) is 1.17. The lowest BCUT2D eigenvalue weighted by molar-refractivity contribution is -0.149. The number of likely N-dealkylation sites (tertiary alicyclic amines) is 1. The number of piperidine rings is 1. The molecule has 1 aromatic rings. The Morgan fingerprint density at radius 3 is 2.34 bits per heavy atom. The second kappa shape index (κ2) is 11.7. The van der Waals surface area contributed by atoms with Gasteiger partial charge in [0.2, 0.25) is 0 Å². The van der Waals surface area contributed by atoms with Crippen LogP contribution in [0.25, 0.3) is 0 Å². The third-order valence-corrected chi connectivity index (χ3v) is 5.11. The van der Waals surface area contributed by atoms with Gasteiger partial charge in [-0.05, 0) is 70.2 Å². The number of rotatable bonds is 8. The Kier molecular flexibility index (Phi) is 9.31. The lowest BCUT2D eigenvalue weighted by atomic mass is 9.94. The number of amides is 2. The number of benzene rings is 1. The smallest absolute Gasteiger partial charge is 0.410 e. The van der Waals surface area contributed by atoms with Crippen LogP contribution >= 0.6 is 0 Å². The SMILES string of the molecule is COC(=O)[C@@H](O)CNC(=O)c1ccc(OCCC2CCN(C(=O)OC(C)(C)C)CC2)cc1. The van der Waals surface area contributed by atoms with E-state index in [0.717, 1.165) is 19.3 Å². The van der Waals surface area contributed by atoms with E-state index in [2.05, 4.69) is 10.1 Å². The van der Waals surface area contributed by atoms with Crippen LogP contribution in [-0.4, -0.2) is 73.0 Å². The molecule has 0 spiro atoms. The number of methoxy groups -OCH3 is 1. The van der Waals surface area contributed by atoms with Crippen LogP contribution in [0.4, 0.5) is 4.79 Å². The zero-order valence-electron chi connectivity index (χ0n) is 19.3. The Hall–Kier alpha value is -2.81. The molecular formula is C23H34N2O7. The minimum Gasteiger partial charge on any atom is -0.494 e. The van der Waals surface area contributed by atoms with Gasteiger partial charge in [0, 0.05) is 18.7 Å². The molecule has 0 saturated carbocycles. The van der Waals surface area contributed by atoms with E-state index in [1.54, 1.807) is 29.2 Å². The second-order valence-corrected chi connectivity index (χ2v) is 8.82. The van der Waals surface area contributed by atoms with E-state index < -0.39 is 23.6 Å². The second-order valence-electron chi connectivity index (χ2n) is 8.82. The summed E-state index contributed by atoms with van der Waals surface area (Å²) in [6.45, 7) is 7.29. The Morgan fingerprint density at radius 2 is 1.78 bits per heavy atom. The normalized spacial score (nSPS) is 15.6. The molecule has 1 saturated heterocycles. The number of aliphatic hydroxyl groups is 1. The molecular weight excluding hydrogens is 416 g/mol. The highest BCUT2D eigenvalue weighted by Gasteiger charge is 2.26. The average molecular weight is 451 g/mol. The summed E-state index contributed by atoms with van der Waals surface area (Å²) in [5.74, 6) is -0.0666. The van der Waals surface area contributed by atoms with E-state index >= 15 is 0 Å². The number of carbonyl (C=O) groups excluding carboxylic acids is 3. The Bertz CT molecular complexity index is 766. The number of carbonyl (C=O) groups is 3. The van der Waals surface area contributed by atoms with Crippen LogP contribution < -0.4 is 10.1 Å². The van der Waals surface area contributed by atoms with Crippen molar-refractivity contribution >= 4 is 18.0 Å². The van der Waals surface area contributed by atoms with Gasteiger partial charge in [-0.3, -0.25) is 4.79 Å². The summed E-state index contributed by atoms with van der Waals surface area (Å²) in [6, 6.07) is 6.65. The summed E-state index contributed by atoms with van der Waals surface area (Å²) in [5.41, 5.74) is -0.0913. The molecule has 178 valence electrons. The Balaban J connectivity index is 1.68. The quantitative estimate of drug-likeness (QED) is 0.585. The molecule has 9 heteroatoms. The molecule has 1 atom stereocenters. The van der Waals surface area contributed by atoms with Crippen molar-refractivity contribution in [2.24, 2.45) is 5.92 Å². The lowest BCUT2D eigenvalue weighted by Crippen LogP contribution is -2.41. The first kappa shape index (κ1) is 25.5. The van der Waals surface area contributed by atoms with Crippen LogP contribution in [0.2, 0.25) is 0 Å². The lowest BCUT2D eigenvalue weighted by Gasteiger charge is -2.33. The minimum absolute atomic E-state index is 0.226. The number of aliphatic hydroxyl groups excluding tert-OH is 1. The summed E-state index contributed by atoms with van der Waals surface area (Å²) in [5, 5.41) is 12.0. The van der Waals surface area contributed by atoms with Gasteiger partial charge in [0.05, 0.1) is 20.3 Å². The van der Waals surface area contributed by atoms with E-state index in [1.165, 1.54) is 7.11 Å². The molecule has 1 aliphatic rings. The molecule has 0 unspecified atom stereocenters. The Morgan fingerprint density at radius 1 is 1.16 bits per heavy atom. The van der Waals surface area contributed by atoms with Crippen molar-refractivity contribution < 1.29 is 33.7 Å². The van der Waals surface area contributed by atoms with Gasteiger partial charge in [-0.2, -0.15) is 0 Å². The van der Waals surface area contributed by atoms with Crippen LogP contribution in [0.15, 0.2) is 24.3 Å². The monoisotopic (exact) mass is 450 g/mol. The number of esters is 1. The first-order valence-electron chi connectivity index (χ1n) is 10.8. The fourth-order valence-electron chi connectivity index (χ4n) is 3.29. The van der Waals surface area contributed by atoms with Crippen molar-refractivity contribution in [1.29, 1.82) is 0 Å². The molecule has 32 heavy (non-hydrogen) atoms. The van der Waals surface area contributed by atoms with E-state index in [9.17, 15) is 19.5 Å². The summed E-state index contributed by atoms with van der Waals surface area (Å²) >= 11 is 0. The first-order chi connectivity index (χ1) is 15.1. The molecule has 1 aromatic carbocycles. The summed E-state index contributed by atoms with van der Waals surface area (Å²) in [4.78, 5) is 37.1. The molecule has 2 amide bonds. The molecule has 0 bridgehead atoms. The van der Waals surface area contributed by atoms with Crippen molar-refractivity contribution in [2.75, 3.05) is 33.4 Å². The van der Waals surface area contributed by atoms with Gasteiger partial charge in [-0.15, -0.1) is 0 Å². The number of hydrogen-bond donors (Lipinski definition) is 2. The predicted molar refractivity (Wildman–Crippen MR) is 117 cm³/mol. The fourth-order valence-corrected chi connectivity index (χ4v) is 3.29. The summed E-state index contributed by atoms with van der Waals surface area (Å²) in [6.07, 6.45) is 1.06. The van der Waals surface area contributed by atoms with Gasteiger partial charge in [0.1, 0.15) is 11.4 Å². The van der Waals surface area contributed by atoms with Gasteiger partial charge in [-0.25, -0.2) is 9.59 Å². The van der Waals surface area contributed by atoms with E-state index in [-0.39, 0.29) is 12.6 Å². The molecule has 2 N–H and O–H groups in total. The van der Waals surface area contributed by atoms with E-state index in [1.807, 2.05) is 20.8 Å². The largest absolute Gasteiger partial charge is 0.494 e. The number of hydrogen-bond acceptors (Lipinski definition) is 7. The van der Waals surface area contributed by atoms with Crippen molar-refractivity contribution in [3.8, 4) is 5.75 Å². The topological polar surface area (TPSA) is 114 Å². The predicted octanol–water partition coefficient (Wildman–Crippen LogP) is 2.37. The van der Waals surface area contributed by atoms with Gasteiger partial charge in [0.15, 0.2) is 6.10 Å². The zero-order valence-corrected chi connectivity index (χ0v) is 19.3. The zero-order chi connectivity index (χ0) is 23.7. The molecule has 1 aliphatic heterocycles. The third-order valence-electron chi connectivity index (χ3n) is 5.11. The maximum atomic E-state index is 12.1. The maximum Gasteiger partial charge on any atom is 0.410 e. The van der Waals surface area contributed by atoms with Crippen LogP contribution in [0.1, 0.15) is 50.4 Å². The van der Waals surface area contributed by atoms with Crippen LogP contribution in [0.5, 0.6) is 5.75 Å². The number of nitrogens with zero attached hydrogens (tertiary/aromatic N) is 1. The highest BCUT2D eigenvalue weighted by molar-refractivity contribution is 5.94. The van der Waals surface area contributed by atoms with Gasteiger partial charge < -0.3 is 29.5 Å². The van der Waals surface area contributed by atoms with Crippen molar-refractivity contribution in [3.63, 3.8) is 0 Å². The minimum atomic E-state index is -1.40. The van der Waals surface area contributed by atoms with Crippen molar-refractivity contribution in [1.82, 2.24) is 10.2 Å². The standard InChI is InChI=1S/C23H34N2O7/c1-23(2,3)32-22(29)25-12-9-16(10-13-25)11-14-31-18-7-5-17(6-8-18)20(27)24-15-19(26)21(28)30-4/h5-8,16,19,26H,9-15H2,1-4H3,(H,24,27)/t19-/m0/s1. The number of ether oxygens (including phenoxy) is 3. The van der Waals surface area contributed by atoms with Crippen LogP contribution in [0, 0.1) is 5.92 Å². The van der Waals surface area contributed by atoms with Crippen LogP contribution in [0.3, 0.4) is 0 Å². The molecule has 1 heterocycles. The fraction of sp³-hybridized carbons (Fsp3) is 0.609. The van der Waals surface area contributed by atoms with Gasteiger partial charge in [0.25, 0.3) is 5.91 Å². The molecule has 0 aromatic heterocycles. The molecule has 9 nitrogen and oxygen atoms in total. The molecule has 0 radical (unpaired) electrons. The van der Waals surface area contributed by atoms with Crippen molar-refractivity contribution in [2.45, 2.75) is 51.7 Å². The first-order valence-corrected chi connectivity index (χ1v) is 10.8. The van der Waals surface area contributed by atoms with E-state index in [4.69, 9.17) is 9.47 Å². The maximum absolute atomic E-state index is 12.1. The molecule has 2 rings (SSSR count). The average Bonchev–Trinajstić information content (AvgIpc) is 2.76. The van der Waals surface area contributed by atoms with Crippen molar-refractivity contribution in [3.05, 3.63) is 29.8 Å². The summed E-state index contributed by atoms with van der Waals surface area (Å²) < 4.78 is 15.6. The van der Waals surface area contributed by atoms with Gasteiger partial charge in [-0.1, -0.05) is 0 Å². The Labute approximate surface area is 189 Å². The third kappa shape index (κ3) is 8.37. The van der Waals surface area contributed by atoms with Crippen LogP contribution in [-0.2, 0) is 14.3 Å². The van der Waals surface area contributed by atoms with Gasteiger partial charge >= 0.3 is 12.1 Å². The highest BCUT2D eigenvalue weighted by Crippen LogP contribution is 2.23. The highest BCUT2D eigenvalue weighted by atomic mass is 16.6. The number of nitrogens with one attached hydrogen (secondary N) is 1. The molecule has 0 aliphatic carbocycles. The van der Waals surface area contributed by atoms with E-state index in [0.29, 0.717) is 36.9 Å².